The maximum absolute atomic E-state index is 10.5. The molecule has 2 heterocycles. The predicted molar refractivity (Wildman–Crippen MR) is 218 cm³/mol. The summed E-state index contributed by atoms with van der Waals surface area (Å²) in [5.74, 6) is 0. The lowest BCUT2D eigenvalue weighted by Crippen LogP contribution is -2.06. The Hall–Kier alpha value is -7.22. The highest BCUT2D eigenvalue weighted by Gasteiger charge is 2.24. The van der Waals surface area contributed by atoms with Gasteiger partial charge in [-0.2, -0.15) is 5.26 Å². The lowest BCUT2D eigenvalue weighted by atomic mass is 10.00. The monoisotopic (exact) mass is 660 g/mol. The summed E-state index contributed by atoms with van der Waals surface area (Å²) < 4.78 is 4.69. The van der Waals surface area contributed by atoms with Crippen molar-refractivity contribution < 1.29 is 0 Å². The van der Waals surface area contributed by atoms with Crippen LogP contribution in [0.15, 0.2) is 158 Å². The average molecular weight is 661 g/mol. The minimum atomic E-state index is 0.460. The Bertz CT molecular complexity index is 3200. The van der Waals surface area contributed by atoms with E-state index in [1.165, 1.54) is 70.8 Å². The van der Waals surface area contributed by atoms with Crippen LogP contribution in [0.4, 0.5) is 0 Å². The van der Waals surface area contributed by atoms with Crippen LogP contribution in [0.3, 0.4) is 0 Å². The Morgan fingerprint density at radius 2 is 0.750 bits per heavy atom. The highest BCUT2D eigenvalue weighted by molar-refractivity contribution is 6.30. The van der Waals surface area contributed by atoms with Gasteiger partial charge < -0.3 is 14.5 Å². The Labute approximate surface area is 298 Å². The number of benzene rings is 9. The number of hydrogen-bond acceptors (Lipinski definition) is 2. The summed E-state index contributed by atoms with van der Waals surface area (Å²) in [5.41, 5.74) is 7.10. The highest BCUT2D eigenvalue weighted by atomic mass is 15.1. The summed E-state index contributed by atoms with van der Waals surface area (Å²) in [7, 11) is 0. The topological polar surface area (TPSA) is 57.5 Å². The molecule has 0 unspecified atom stereocenters. The molecule has 4 nitrogen and oxygen atoms in total. The zero-order valence-corrected chi connectivity index (χ0v) is 27.9. The molecule has 0 fully saturated rings. The van der Waals surface area contributed by atoms with Crippen LogP contribution in [-0.4, -0.2) is 15.3 Å². The number of aromatic nitrogens is 2. The van der Waals surface area contributed by atoms with Crippen LogP contribution >= 0.6 is 0 Å². The van der Waals surface area contributed by atoms with E-state index < -0.39 is 0 Å². The van der Waals surface area contributed by atoms with Gasteiger partial charge in [-0.1, -0.05) is 121 Å². The highest BCUT2D eigenvalue weighted by Crippen LogP contribution is 2.45. The van der Waals surface area contributed by atoms with Crippen molar-refractivity contribution in [3.8, 4) is 17.4 Å². The van der Waals surface area contributed by atoms with Gasteiger partial charge in [-0.15, -0.1) is 0 Å². The van der Waals surface area contributed by atoms with E-state index in [1.54, 1.807) is 0 Å². The standard InChI is InChI=1S/C48H28N4/c49-27-33-25-43(51-39-21-17-29-9-1-5-13-35(29)45(39)46-36-14-6-2-10-30(36)18-22-40(46)51)44(26-34(33)28-50)52-41-23-19-31-11-3-7-15-37(31)47(41)48-38-16-8-4-12-32(38)20-24-42(48)52/h1-27,49H. The van der Waals surface area contributed by atoms with E-state index in [0.717, 1.165) is 33.4 Å². The number of rotatable bonds is 3. The minimum absolute atomic E-state index is 0.460. The number of nitrogens with zero attached hydrogens (tertiary/aromatic N) is 3. The second-order valence-corrected chi connectivity index (χ2v) is 13.6. The molecular weight excluding hydrogens is 633 g/mol. The zero-order chi connectivity index (χ0) is 34.5. The molecule has 0 aliphatic heterocycles. The molecule has 4 heteroatoms. The molecular formula is C48H28N4. The fourth-order valence-electron chi connectivity index (χ4n) is 8.78. The summed E-state index contributed by atoms with van der Waals surface area (Å²) in [6.07, 6.45) is 1.30. The molecule has 0 atom stereocenters. The summed E-state index contributed by atoms with van der Waals surface area (Å²) in [4.78, 5) is 0. The van der Waals surface area contributed by atoms with Gasteiger partial charge in [-0.3, -0.25) is 0 Å². The van der Waals surface area contributed by atoms with Gasteiger partial charge in [0.25, 0.3) is 0 Å². The molecule has 0 saturated carbocycles. The second-order valence-electron chi connectivity index (χ2n) is 13.6. The quantitative estimate of drug-likeness (QED) is 0.188. The van der Waals surface area contributed by atoms with Gasteiger partial charge in [0, 0.05) is 33.3 Å². The fourth-order valence-corrected chi connectivity index (χ4v) is 8.78. The molecule has 9 aromatic carbocycles. The van der Waals surface area contributed by atoms with Gasteiger partial charge in [-0.05, 0) is 79.5 Å². The molecule has 0 radical (unpaired) electrons. The molecule has 0 amide bonds. The Morgan fingerprint density at radius 3 is 1.08 bits per heavy atom. The number of nitriles is 1. The first-order valence-corrected chi connectivity index (χ1v) is 17.5. The van der Waals surface area contributed by atoms with E-state index in [4.69, 9.17) is 5.41 Å². The Kier molecular flexibility index (Phi) is 5.85. The summed E-state index contributed by atoms with van der Waals surface area (Å²) >= 11 is 0. The lowest BCUT2D eigenvalue weighted by molar-refractivity contribution is 1.09. The van der Waals surface area contributed by atoms with Crippen LogP contribution in [0.5, 0.6) is 0 Å². The van der Waals surface area contributed by atoms with Gasteiger partial charge in [-0.25, -0.2) is 0 Å². The second kappa shape index (κ2) is 10.6. The third-order valence-corrected chi connectivity index (χ3v) is 11.0. The van der Waals surface area contributed by atoms with Crippen LogP contribution in [-0.2, 0) is 0 Å². The van der Waals surface area contributed by atoms with Crippen molar-refractivity contribution in [3.63, 3.8) is 0 Å². The normalized spacial score (nSPS) is 11.9. The summed E-state index contributed by atoms with van der Waals surface area (Å²) in [5, 5.41) is 33.2. The van der Waals surface area contributed by atoms with Crippen LogP contribution in [0.25, 0.3) is 98.1 Å². The average Bonchev–Trinajstić information content (AvgIpc) is 3.74. The molecule has 52 heavy (non-hydrogen) atoms. The fraction of sp³-hybridized carbons (Fsp3) is 0. The maximum Gasteiger partial charge on any atom is 0.0999 e. The van der Waals surface area contributed by atoms with Crippen molar-refractivity contribution in [1.29, 1.82) is 10.7 Å². The van der Waals surface area contributed by atoms with Crippen molar-refractivity contribution in [2.45, 2.75) is 0 Å². The van der Waals surface area contributed by atoms with Gasteiger partial charge in [0.15, 0.2) is 0 Å². The van der Waals surface area contributed by atoms with Crippen molar-refractivity contribution in [1.82, 2.24) is 9.13 Å². The van der Waals surface area contributed by atoms with E-state index in [2.05, 4.69) is 161 Å². The number of nitrogens with one attached hydrogen (secondary N) is 1. The largest absolute Gasteiger partial charge is 0.308 e. The molecule has 11 aromatic rings. The van der Waals surface area contributed by atoms with Gasteiger partial charge in [0.05, 0.1) is 45.1 Å². The molecule has 240 valence electrons. The number of fused-ring (bicyclic) bond motifs is 14. The van der Waals surface area contributed by atoms with Crippen LogP contribution in [0, 0.1) is 16.7 Å². The van der Waals surface area contributed by atoms with Crippen molar-refractivity contribution >= 4 is 92.9 Å². The van der Waals surface area contributed by atoms with Crippen LogP contribution in [0.1, 0.15) is 11.1 Å². The summed E-state index contributed by atoms with van der Waals surface area (Å²) in [6, 6.07) is 58.5. The van der Waals surface area contributed by atoms with Crippen LogP contribution < -0.4 is 0 Å². The predicted octanol–water partition coefficient (Wildman–Crippen LogP) is 12.4. The van der Waals surface area contributed by atoms with E-state index in [1.807, 2.05) is 12.1 Å². The van der Waals surface area contributed by atoms with Crippen molar-refractivity contribution in [2.75, 3.05) is 0 Å². The third-order valence-electron chi connectivity index (χ3n) is 11.0. The van der Waals surface area contributed by atoms with Gasteiger partial charge >= 0.3 is 0 Å². The lowest BCUT2D eigenvalue weighted by Gasteiger charge is -2.19. The SMILES string of the molecule is N#Cc1cc(-n2c3ccc4ccccc4c3c3c4ccccc4ccc32)c(-n2c3ccc4ccccc4c3c3c4ccccc4ccc32)cc1C=N. The molecule has 0 bridgehead atoms. The van der Waals surface area contributed by atoms with Crippen LogP contribution in [0.2, 0.25) is 0 Å². The first kappa shape index (κ1) is 28.6. The molecule has 1 N–H and O–H groups in total. The third kappa shape index (κ3) is 3.77. The molecule has 0 saturated heterocycles. The van der Waals surface area contributed by atoms with Gasteiger partial charge in [0.2, 0.25) is 0 Å². The van der Waals surface area contributed by atoms with Gasteiger partial charge in [0.1, 0.15) is 0 Å². The van der Waals surface area contributed by atoms with Crippen molar-refractivity contribution in [3.05, 3.63) is 169 Å². The van der Waals surface area contributed by atoms with E-state index in [0.29, 0.717) is 11.1 Å². The van der Waals surface area contributed by atoms with E-state index in [-0.39, 0.29) is 0 Å². The first-order valence-electron chi connectivity index (χ1n) is 17.5. The zero-order valence-electron chi connectivity index (χ0n) is 27.9. The van der Waals surface area contributed by atoms with Crippen molar-refractivity contribution in [2.24, 2.45) is 0 Å². The number of hydrogen-bond donors (Lipinski definition) is 1. The minimum Gasteiger partial charge on any atom is -0.308 e. The summed E-state index contributed by atoms with van der Waals surface area (Å²) in [6.45, 7) is 0. The molecule has 11 rings (SSSR count). The smallest absolute Gasteiger partial charge is 0.0999 e. The molecule has 0 spiro atoms. The first-order chi connectivity index (χ1) is 25.7. The molecule has 2 aromatic heterocycles. The van der Waals surface area contributed by atoms with E-state index in [9.17, 15) is 5.26 Å². The van der Waals surface area contributed by atoms with E-state index >= 15 is 0 Å². The Morgan fingerprint density at radius 1 is 0.423 bits per heavy atom. The Balaban J connectivity index is 1.38. The molecule has 0 aliphatic rings. The molecule has 0 aliphatic carbocycles. The maximum atomic E-state index is 10.5.